The van der Waals surface area contributed by atoms with Crippen molar-refractivity contribution in [1.29, 1.82) is 0 Å². The number of methoxy groups -OCH3 is 1. The van der Waals surface area contributed by atoms with Gasteiger partial charge in [0, 0.05) is 18.8 Å². The lowest BCUT2D eigenvalue weighted by molar-refractivity contribution is -0.121. The topological polar surface area (TPSA) is 26.3 Å². The second-order valence-corrected chi connectivity index (χ2v) is 3.00. The number of carbonyl (C=O) groups is 1. The summed E-state index contributed by atoms with van der Waals surface area (Å²) in [6, 6.07) is 0. The van der Waals surface area contributed by atoms with E-state index in [1.807, 2.05) is 0 Å². The first-order valence-corrected chi connectivity index (χ1v) is 3.98. The number of hydrogen-bond acceptors (Lipinski definition) is 2. The molecule has 0 aromatic rings. The highest BCUT2D eigenvalue weighted by molar-refractivity contribution is 5.79. The standard InChI is InChI=1S/C9H14O2/c1-7(11-2)8-4-3-5-9(10)6-8/h8H,1,3-6H2,2H3/t8-/m1/s1. The number of rotatable bonds is 2. The lowest BCUT2D eigenvalue weighted by atomic mass is 9.87. The average molecular weight is 154 g/mol. The molecule has 62 valence electrons. The molecule has 0 spiro atoms. The molecule has 0 aliphatic heterocycles. The van der Waals surface area contributed by atoms with Crippen LogP contribution in [-0.4, -0.2) is 12.9 Å². The van der Waals surface area contributed by atoms with Crippen molar-refractivity contribution in [3.63, 3.8) is 0 Å². The molecule has 0 radical (unpaired) electrons. The molecule has 2 nitrogen and oxygen atoms in total. The Morgan fingerprint density at radius 2 is 2.45 bits per heavy atom. The third-order valence-electron chi connectivity index (χ3n) is 2.20. The van der Waals surface area contributed by atoms with Gasteiger partial charge in [-0.05, 0) is 12.8 Å². The van der Waals surface area contributed by atoms with E-state index in [1.54, 1.807) is 7.11 Å². The summed E-state index contributed by atoms with van der Waals surface area (Å²) < 4.78 is 4.99. The maximum atomic E-state index is 11.0. The molecule has 0 aromatic heterocycles. The van der Waals surface area contributed by atoms with Crippen molar-refractivity contribution >= 4 is 5.78 Å². The van der Waals surface area contributed by atoms with Crippen LogP contribution in [0.4, 0.5) is 0 Å². The van der Waals surface area contributed by atoms with Crippen molar-refractivity contribution in [2.24, 2.45) is 5.92 Å². The Kier molecular flexibility index (Phi) is 2.69. The highest BCUT2D eigenvalue weighted by atomic mass is 16.5. The molecule has 2 heteroatoms. The minimum Gasteiger partial charge on any atom is -0.501 e. The van der Waals surface area contributed by atoms with Crippen molar-refractivity contribution in [3.05, 3.63) is 12.3 Å². The Labute approximate surface area is 67.2 Å². The van der Waals surface area contributed by atoms with Gasteiger partial charge in [-0.2, -0.15) is 0 Å². The zero-order chi connectivity index (χ0) is 8.27. The van der Waals surface area contributed by atoms with E-state index in [2.05, 4.69) is 6.58 Å². The maximum absolute atomic E-state index is 11.0. The second kappa shape index (κ2) is 3.56. The smallest absolute Gasteiger partial charge is 0.133 e. The van der Waals surface area contributed by atoms with Gasteiger partial charge in [-0.15, -0.1) is 0 Å². The quantitative estimate of drug-likeness (QED) is 0.568. The van der Waals surface area contributed by atoms with Crippen LogP contribution < -0.4 is 0 Å². The van der Waals surface area contributed by atoms with Crippen molar-refractivity contribution < 1.29 is 9.53 Å². The minimum atomic E-state index is 0.279. The molecule has 1 atom stereocenters. The van der Waals surface area contributed by atoms with Crippen molar-refractivity contribution in [2.75, 3.05) is 7.11 Å². The van der Waals surface area contributed by atoms with E-state index in [9.17, 15) is 4.79 Å². The summed E-state index contributed by atoms with van der Waals surface area (Å²) in [6.45, 7) is 3.76. The van der Waals surface area contributed by atoms with E-state index in [-0.39, 0.29) is 5.92 Å². The molecule has 1 aliphatic carbocycles. The van der Waals surface area contributed by atoms with Crippen LogP contribution in [0.25, 0.3) is 0 Å². The normalized spacial score (nSPS) is 24.8. The van der Waals surface area contributed by atoms with Gasteiger partial charge in [0.15, 0.2) is 0 Å². The summed E-state index contributed by atoms with van der Waals surface area (Å²) >= 11 is 0. The van der Waals surface area contributed by atoms with Crippen LogP contribution in [0, 0.1) is 5.92 Å². The van der Waals surface area contributed by atoms with E-state index >= 15 is 0 Å². The summed E-state index contributed by atoms with van der Waals surface area (Å²) in [5, 5.41) is 0. The number of ether oxygens (including phenoxy) is 1. The second-order valence-electron chi connectivity index (χ2n) is 3.00. The van der Waals surface area contributed by atoms with Gasteiger partial charge < -0.3 is 4.74 Å². The molecule has 11 heavy (non-hydrogen) atoms. The van der Waals surface area contributed by atoms with E-state index in [0.717, 1.165) is 25.0 Å². The maximum Gasteiger partial charge on any atom is 0.133 e. The van der Waals surface area contributed by atoms with Crippen LogP contribution in [-0.2, 0) is 9.53 Å². The number of ketones is 1. The van der Waals surface area contributed by atoms with Gasteiger partial charge in [0.05, 0.1) is 12.9 Å². The molecule has 0 bridgehead atoms. The average Bonchev–Trinajstić information content (AvgIpc) is 2.03. The third kappa shape index (κ3) is 2.07. The number of hydrogen-bond donors (Lipinski definition) is 0. The number of carbonyl (C=O) groups excluding carboxylic acids is 1. The molecule has 0 amide bonds. The Morgan fingerprint density at radius 3 is 3.00 bits per heavy atom. The van der Waals surface area contributed by atoms with Gasteiger partial charge in [-0.1, -0.05) is 6.58 Å². The van der Waals surface area contributed by atoms with E-state index in [4.69, 9.17) is 4.74 Å². The minimum absolute atomic E-state index is 0.279. The predicted molar refractivity (Wildman–Crippen MR) is 43.1 cm³/mol. The zero-order valence-corrected chi connectivity index (χ0v) is 6.93. The van der Waals surface area contributed by atoms with Crippen LogP contribution in [0.2, 0.25) is 0 Å². The molecular weight excluding hydrogens is 140 g/mol. The first kappa shape index (κ1) is 8.31. The molecule has 1 fully saturated rings. The summed E-state index contributed by atoms with van der Waals surface area (Å²) in [5.74, 6) is 1.39. The lowest BCUT2D eigenvalue weighted by Crippen LogP contribution is -2.16. The Bertz CT molecular complexity index is 172. The van der Waals surface area contributed by atoms with Gasteiger partial charge in [-0.3, -0.25) is 4.79 Å². The molecule has 0 unspecified atom stereocenters. The lowest BCUT2D eigenvalue weighted by Gasteiger charge is -2.21. The molecule has 0 heterocycles. The van der Waals surface area contributed by atoms with Crippen LogP contribution >= 0.6 is 0 Å². The van der Waals surface area contributed by atoms with E-state index in [1.165, 1.54) is 0 Å². The highest BCUT2D eigenvalue weighted by Crippen LogP contribution is 2.26. The molecule has 0 saturated heterocycles. The van der Waals surface area contributed by atoms with Crippen LogP contribution in [0.15, 0.2) is 12.3 Å². The van der Waals surface area contributed by atoms with Gasteiger partial charge >= 0.3 is 0 Å². The van der Waals surface area contributed by atoms with Gasteiger partial charge in [0.1, 0.15) is 5.78 Å². The molecule has 1 aliphatic rings. The fourth-order valence-electron chi connectivity index (χ4n) is 1.47. The summed E-state index contributed by atoms with van der Waals surface area (Å²) in [7, 11) is 1.61. The Balaban J connectivity index is 2.45. The summed E-state index contributed by atoms with van der Waals surface area (Å²) in [4.78, 5) is 11.0. The third-order valence-corrected chi connectivity index (χ3v) is 2.20. The van der Waals surface area contributed by atoms with Crippen LogP contribution in [0.5, 0.6) is 0 Å². The van der Waals surface area contributed by atoms with E-state index < -0.39 is 0 Å². The van der Waals surface area contributed by atoms with Crippen molar-refractivity contribution in [1.82, 2.24) is 0 Å². The molecular formula is C9H14O2. The molecule has 1 rings (SSSR count). The van der Waals surface area contributed by atoms with Crippen molar-refractivity contribution in [2.45, 2.75) is 25.7 Å². The SMILES string of the molecule is C=C(OC)[C@@H]1CCCC(=O)C1. The largest absolute Gasteiger partial charge is 0.501 e. The first-order chi connectivity index (χ1) is 5.24. The van der Waals surface area contributed by atoms with Crippen LogP contribution in [0.1, 0.15) is 25.7 Å². The van der Waals surface area contributed by atoms with Gasteiger partial charge in [0.25, 0.3) is 0 Å². The number of Topliss-reactive ketones (excluding diaryl/α,β-unsaturated/α-hetero) is 1. The Morgan fingerprint density at radius 1 is 1.73 bits per heavy atom. The highest BCUT2D eigenvalue weighted by Gasteiger charge is 2.21. The monoisotopic (exact) mass is 154 g/mol. The van der Waals surface area contributed by atoms with E-state index in [0.29, 0.717) is 12.2 Å². The zero-order valence-electron chi connectivity index (χ0n) is 6.93. The van der Waals surface area contributed by atoms with Gasteiger partial charge in [0.2, 0.25) is 0 Å². The Hall–Kier alpha value is -0.790. The predicted octanol–water partition coefficient (Wildman–Crippen LogP) is 1.91. The van der Waals surface area contributed by atoms with Crippen molar-refractivity contribution in [3.8, 4) is 0 Å². The van der Waals surface area contributed by atoms with Gasteiger partial charge in [-0.25, -0.2) is 0 Å². The first-order valence-electron chi connectivity index (χ1n) is 3.98. The molecule has 0 aromatic carbocycles. The number of allylic oxidation sites excluding steroid dienone is 1. The summed E-state index contributed by atoms with van der Waals surface area (Å²) in [5.41, 5.74) is 0. The van der Waals surface area contributed by atoms with Crippen LogP contribution in [0.3, 0.4) is 0 Å². The molecule has 0 N–H and O–H groups in total. The summed E-state index contributed by atoms with van der Waals surface area (Å²) in [6.07, 6.45) is 3.42. The fraction of sp³-hybridized carbons (Fsp3) is 0.667. The molecule has 1 saturated carbocycles. The fourth-order valence-corrected chi connectivity index (χ4v) is 1.47.